The number of hydrogen-bond acceptors (Lipinski definition) is 3. The predicted molar refractivity (Wildman–Crippen MR) is 109 cm³/mol. The first-order valence-electron chi connectivity index (χ1n) is 9.03. The Morgan fingerprint density at radius 1 is 1.08 bits per heavy atom. The Morgan fingerprint density at radius 2 is 1.88 bits per heavy atom. The van der Waals surface area contributed by atoms with Crippen LogP contribution in [0, 0.1) is 0 Å². The van der Waals surface area contributed by atoms with Crippen molar-refractivity contribution < 1.29 is 0 Å². The first kappa shape index (κ1) is 17.7. The number of imidazole rings is 1. The standard InChI is InChI=1S/C20H22Cl2N4/c21-14-10-9-13(11-15(14)22)12-26-19-8-4-3-7-18(19)25-20(26)24-17-6-2-1-5-16(17)23/h3-4,7-11,16-17H,1-2,5-6,12,23H2,(H,24,25)/t16-,17-/m1/s1. The SMILES string of the molecule is N[C@@H]1CCCC[C@H]1Nc1nc2ccccc2n1Cc1ccc(Cl)c(Cl)c1. The molecule has 1 aliphatic carbocycles. The Bertz CT molecular complexity index is 921. The Balaban J connectivity index is 1.70. The van der Waals surface area contributed by atoms with Gasteiger partial charge in [0.1, 0.15) is 0 Å². The molecule has 3 aromatic rings. The van der Waals surface area contributed by atoms with Crippen molar-refractivity contribution in [1.29, 1.82) is 0 Å². The van der Waals surface area contributed by atoms with Gasteiger partial charge in [0.05, 0.1) is 27.6 Å². The zero-order valence-corrected chi connectivity index (χ0v) is 16.0. The van der Waals surface area contributed by atoms with Gasteiger partial charge in [-0.05, 0) is 42.7 Å². The topological polar surface area (TPSA) is 55.9 Å². The number of halogens is 2. The first-order valence-corrected chi connectivity index (χ1v) is 9.79. The van der Waals surface area contributed by atoms with Gasteiger partial charge in [-0.15, -0.1) is 0 Å². The first-order chi connectivity index (χ1) is 12.6. The second kappa shape index (κ2) is 7.47. The molecule has 26 heavy (non-hydrogen) atoms. The average molecular weight is 389 g/mol. The maximum Gasteiger partial charge on any atom is 0.204 e. The molecule has 0 amide bonds. The van der Waals surface area contributed by atoms with Gasteiger partial charge in [0.2, 0.25) is 5.95 Å². The fourth-order valence-electron chi connectivity index (χ4n) is 3.67. The fraction of sp³-hybridized carbons (Fsp3) is 0.350. The van der Waals surface area contributed by atoms with Crippen LogP contribution in [-0.2, 0) is 6.54 Å². The van der Waals surface area contributed by atoms with Crippen molar-refractivity contribution in [2.24, 2.45) is 5.73 Å². The highest BCUT2D eigenvalue weighted by Gasteiger charge is 2.23. The third-order valence-corrected chi connectivity index (χ3v) is 5.85. The van der Waals surface area contributed by atoms with Crippen molar-refractivity contribution in [3.8, 4) is 0 Å². The summed E-state index contributed by atoms with van der Waals surface area (Å²) in [5.74, 6) is 0.861. The molecule has 2 atom stereocenters. The lowest BCUT2D eigenvalue weighted by molar-refractivity contribution is 0.401. The Hall–Kier alpha value is -1.75. The molecule has 4 nitrogen and oxygen atoms in total. The summed E-state index contributed by atoms with van der Waals surface area (Å²) in [5, 5.41) is 4.74. The third-order valence-electron chi connectivity index (χ3n) is 5.11. The van der Waals surface area contributed by atoms with Crippen molar-refractivity contribution >= 4 is 40.2 Å². The lowest BCUT2D eigenvalue weighted by Gasteiger charge is -2.29. The van der Waals surface area contributed by atoms with Gasteiger partial charge < -0.3 is 15.6 Å². The van der Waals surface area contributed by atoms with E-state index in [0.717, 1.165) is 35.4 Å². The van der Waals surface area contributed by atoms with Gasteiger partial charge in [-0.25, -0.2) is 4.98 Å². The number of nitrogens with one attached hydrogen (secondary N) is 1. The highest BCUT2D eigenvalue weighted by atomic mass is 35.5. The van der Waals surface area contributed by atoms with Crippen molar-refractivity contribution in [3.63, 3.8) is 0 Å². The van der Waals surface area contributed by atoms with Gasteiger partial charge in [0.25, 0.3) is 0 Å². The van der Waals surface area contributed by atoms with E-state index < -0.39 is 0 Å². The smallest absolute Gasteiger partial charge is 0.204 e. The molecule has 0 radical (unpaired) electrons. The van der Waals surface area contributed by atoms with Crippen molar-refractivity contribution in [2.45, 2.75) is 44.3 Å². The summed E-state index contributed by atoms with van der Waals surface area (Å²) in [4.78, 5) is 4.81. The largest absolute Gasteiger partial charge is 0.351 e. The molecule has 1 aromatic heterocycles. The number of aromatic nitrogens is 2. The number of fused-ring (bicyclic) bond motifs is 1. The second-order valence-electron chi connectivity index (χ2n) is 6.96. The van der Waals surface area contributed by atoms with E-state index in [1.54, 1.807) is 0 Å². The number of anilines is 1. The van der Waals surface area contributed by atoms with Crippen LogP contribution < -0.4 is 11.1 Å². The Morgan fingerprint density at radius 3 is 2.69 bits per heavy atom. The molecular formula is C20H22Cl2N4. The highest BCUT2D eigenvalue weighted by molar-refractivity contribution is 6.42. The summed E-state index contributed by atoms with van der Waals surface area (Å²) >= 11 is 12.3. The molecule has 0 spiro atoms. The van der Waals surface area contributed by atoms with Crippen LogP contribution in [0.5, 0.6) is 0 Å². The molecule has 0 unspecified atom stereocenters. The number of nitrogens with zero attached hydrogens (tertiary/aromatic N) is 2. The van der Waals surface area contributed by atoms with E-state index >= 15 is 0 Å². The van der Waals surface area contributed by atoms with Gasteiger partial charge in [-0.3, -0.25) is 0 Å². The summed E-state index contributed by atoms with van der Waals surface area (Å²) in [6.45, 7) is 0.668. The van der Waals surface area contributed by atoms with Crippen molar-refractivity contribution in [3.05, 3.63) is 58.1 Å². The minimum absolute atomic E-state index is 0.169. The number of nitrogens with two attached hydrogens (primary N) is 1. The molecule has 1 heterocycles. The molecule has 3 N–H and O–H groups in total. The van der Waals surface area contributed by atoms with Crippen LogP contribution in [0.25, 0.3) is 11.0 Å². The van der Waals surface area contributed by atoms with E-state index in [2.05, 4.69) is 16.0 Å². The fourth-order valence-corrected chi connectivity index (χ4v) is 3.99. The number of hydrogen-bond donors (Lipinski definition) is 2. The zero-order chi connectivity index (χ0) is 18.1. The number of benzene rings is 2. The summed E-state index contributed by atoms with van der Waals surface area (Å²) < 4.78 is 2.19. The summed E-state index contributed by atoms with van der Waals surface area (Å²) in [6, 6.07) is 14.3. The highest BCUT2D eigenvalue weighted by Crippen LogP contribution is 2.27. The van der Waals surface area contributed by atoms with E-state index in [4.69, 9.17) is 33.9 Å². The quantitative estimate of drug-likeness (QED) is 0.655. The second-order valence-corrected chi connectivity index (χ2v) is 7.77. The van der Waals surface area contributed by atoms with Crippen LogP contribution in [-0.4, -0.2) is 21.6 Å². The van der Waals surface area contributed by atoms with E-state index in [-0.39, 0.29) is 12.1 Å². The van der Waals surface area contributed by atoms with E-state index in [1.807, 2.05) is 36.4 Å². The van der Waals surface area contributed by atoms with E-state index in [0.29, 0.717) is 16.6 Å². The van der Waals surface area contributed by atoms with E-state index in [9.17, 15) is 0 Å². The van der Waals surface area contributed by atoms with Gasteiger partial charge in [0, 0.05) is 12.1 Å². The minimum Gasteiger partial charge on any atom is -0.351 e. The molecule has 4 rings (SSSR count). The van der Waals surface area contributed by atoms with Gasteiger partial charge in [0.15, 0.2) is 0 Å². The average Bonchev–Trinajstić information content (AvgIpc) is 2.98. The normalized spacial score (nSPS) is 20.4. The maximum absolute atomic E-state index is 6.33. The molecule has 1 aliphatic rings. The lowest BCUT2D eigenvalue weighted by atomic mass is 9.91. The predicted octanol–water partition coefficient (Wildman–Crippen LogP) is 5.07. The molecule has 1 fully saturated rings. The van der Waals surface area contributed by atoms with Crippen molar-refractivity contribution in [2.75, 3.05) is 5.32 Å². The van der Waals surface area contributed by atoms with Crippen molar-refractivity contribution in [1.82, 2.24) is 9.55 Å². The Labute approximate surface area is 163 Å². The van der Waals surface area contributed by atoms with Gasteiger partial charge in [-0.1, -0.05) is 54.2 Å². The van der Waals surface area contributed by atoms with Crippen LogP contribution in [0.15, 0.2) is 42.5 Å². The minimum atomic E-state index is 0.169. The molecule has 1 saturated carbocycles. The third kappa shape index (κ3) is 3.54. The molecule has 6 heteroatoms. The summed E-state index contributed by atoms with van der Waals surface area (Å²) in [7, 11) is 0. The zero-order valence-electron chi connectivity index (χ0n) is 14.5. The molecule has 0 bridgehead atoms. The van der Waals surface area contributed by atoms with Gasteiger partial charge in [-0.2, -0.15) is 0 Å². The molecule has 0 saturated heterocycles. The Kier molecular flexibility index (Phi) is 5.07. The van der Waals surface area contributed by atoms with Crippen LogP contribution in [0.1, 0.15) is 31.2 Å². The van der Waals surface area contributed by atoms with E-state index in [1.165, 1.54) is 12.8 Å². The van der Waals surface area contributed by atoms with Crippen LogP contribution >= 0.6 is 23.2 Å². The molecule has 0 aliphatic heterocycles. The summed E-state index contributed by atoms with van der Waals surface area (Å²) in [5.41, 5.74) is 9.47. The summed E-state index contributed by atoms with van der Waals surface area (Å²) in [6.07, 6.45) is 4.55. The molecular weight excluding hydrogens is 367 g/mol. The maximum atomic E-state index is 6.33. The van der Waals surface area contributed by atoms with Crippen LogP contribution in [0.4, 0.5) is 5.95 Å². The monoisotopic (exact) mass is 388 g/mol. The number of rotatable bonds is 4. The van der Waals surface area contributed by atoms with Crippen LogP contribution in [0.3, 0.4) is 0 Å². The number of para-hydroxylation sites is 2. The molecule has 136 valence electrons. The molecule has 2 aromatic carbocycles. The van der Waals surface area contributed by atoms with Gasteiger partial charge >= 0.3 is 0 Å². The lowest BCUT2D eigenvalue weighted by Crippen LogP contribution is -2.43. The van der Waals surface area contributed by atoms with Crippen LogP contribution in [0.2, 0.25) is 10.0 Å².